The second kappa shape index (κ2) is 14.5. The largest absolute Gasteiger partial charge is 0.464 e. The molecular weight excluding hydrogens is 632 g/mol. The first-order valence-corrected chi connectivity index (χ1v) is 12.7. The Morgan fingerprint density at radius 3 is 1.64 bits per heavy atom. The molecule has 0 aliphatic carbocycles. The van der Waals surface area contributed by atoms with Crippen molar-refractivity contribution in [2.24, 2.45) is 0 Å². The number of aryl methyl sites for hydroxylation is 2. The summed E-state index contributed by atoms with van der Waals surface area (Å²) < 4.78 is 59.6. The molecule has 0 bridgehead atoms. The van der Waals surface area contributed by atoms with Crippen LogP contribution in [0.15, 0.2) is 28.2 Å². The molecule has 17 heteroatoms. The van der Waals surface area contributed by atoms with Crippen LogP contribution in [-0.2, 0) is 9.47 Å². The van der Waals surface area contributed by atoms with Crippen LogP contribution in [0.4, 0.5) is 34.1 Å². The highest BCUT2D eigenvalue weighted by atomic mass is 79.9. The van der Waals surface area contributed by atoms with Gasteiger partial charge in [0.1, 0.15) is 0 Å². The molecule has 0 aliphatic rings. The van der Waals surface area contributed by atoms with E-state index in [0.717, 1.165) is 29.1 Å². The van der Waals surface area contributed by atoms with Crippen LogP contribution in [0, 0.1) is 37.6 Å². The number of nitrogens with one attached hydrogen (secondary N) is 1. The predicted molar refractivity (Wildman–Crippen MR) is 140 cm³/mol. The number of methoxy groups -OCH3 is 2. The minimum Gasteiger partial charge on any atom is -0.464 e. The number of anilines is 3. The number of pyridine rings is 2. The minimum atomic E-state index is -0.941. The lowest BCUT2D eigenvalue weighted by Gasteiger charge is -2.01. The number of hydrogen-bond acceptors (Lipinski definition) is 12. The summed E-state index contributed by atoms with van der Waals surface area (Å²) in [6.07, 6.45) is 0. The molecule has 4 heterocycles. The third-order valence-corrected chi connectivity index (χ3v) is 6.43. The summed E-state index contributed by atoms with van der Waals surface area (Å²) in [5, 5.41) is 3.04. The zero-order valence-electron chi connectivity index (χ0n) is 20.5. The molecule has 0 saturated carbocycles. The van der Waals surface area contributed by atoms with Gasteiger partial charge in [0.25, 0.3) is 0 Å². The highest BCUT2D eigenvalue weighted by molar-refractivity contribution is 9.11. The molecule has 4 rings (SSSR count). The predicted octanol–water partition coefficient (Wildman–Crippen LogP) is 5.60. The molecular formula is C22H19BrF4N6O4S2. The number of carbonyl (C=O) groups is 2. The molecule has 4 aromatic heterocycles. The topological polar surface area (TPSA) is 142 Å². The molecule has 0 amide bonds. The average molecular weight is 651 g/mol. The van der Waals surface area contributed by atoms with E-state index in [1.807, 2.05) is 6.92 Å². The summed E-state index contributed by atoms with van der Waals surface area (Å²) in [4.78, 5) is 37.6. The Hall–Kier alpha value is -3.70. The number of rotatable bonds is 4. The summed E-state index contributed by atoms with van der Waals surface area (Å²) in [5.74, 6) is -4.62. The van der Waals surface area contributed by atoms with Gasteiger partial charge in [0.2, 0.25) is 23.8 Å². The Kier molecular flexibility index (Phi) is 11.7. The fourth-order valence-corrected chi connectivity index (χ4v) is 4.87. The van der Waals surface area contributed by atoms with Crippen LogP contribution in [0.5, 0.6) is 0 Å². The molecule has 0 aromatic carbocycles. The van der Waals surface area contributed by atoms with Gasteiger partial charge in [-0.25, -0.2) is 19.6 Å². The second-order valence-corrected chi connectivity index (χ2v) is 10.6. The van der Waals surface area contributed by atoms with Gasteiger partial charge in [0, 0.05) is 45.4 Å². The second-order valence-electron chi connectivity index (χ2n) is 6.95. The molecule has 0 aliphatic heterocycles. The van der Waals surface area contributed by atoms with Crippen molar-refractivity contribution in [2.75, 3.05) is 25.3 Å². The van der Waals surface area contributed by atoms with Crippen molar-refractivity contribution in [3.63, 3.8) is 0 Å². The Balaban J connectivity index is 0.000000226. The fraction of sp³-hybridized carbons (Fsp3) is 0.182. The van der Waals surface area contributed by atoms with Gasteiger partial charge in [-0.2, -0.15) is 27.5 Å². The highest BCUT2D eigenvalue weighted by Crippen LogP contribution is 2.26. The van der Waals surface area contributed by atoms with Crippen LogP contribution in [0.25, 0.3) is 0 Å². The summed E-state index contributed by atoms with van der Waals surface area (Å²) in [6.45, 7) is 3.53. The molecule has 0 spiro atoms. The summed E-state index contributed by atoms with van der Waals surface area (Å²) in [7, 11) is 2.59. The van der Waals surface area contributed by atoms with E-state index < -0.39 is 29.8 Å². The van der Waals surface area contributed by atoms with Crippen molar-refractivity contribution in [3.05, 3.63) is 73.1 Å². The van der Waals surface area contributed by atoms with Gasteiger partial charge in [0.05, 0.1) is 14.2 Å². The number of aromatic nitrogens is 4. The van der Waals surface area contributed by atoms with Gasteiger partial charge in [-0.05, 0) is 29.8 Å². The number of esters is 2. The van der Waals surface area contributed by atoms with Crippen LogP contribution >= 0.6 is 38.6 Å². The van der Waals surface area contributed by atoms with Crippen molar-refractivity contribution in [1.29, 1.82) is 0 Å². The van der Waals surface area contributed by atoms with Crippen molar-refractivity contribution in [2.45, 2.75) is 13.8 Å². The molecule has 208 valence electrons. The molecule has 0 unspecified atom stereocenters. The van der Waals surface area contributed by atoms with Gasteiger partial charge in [0.15, 0.2) is 20.4 Å². The van der Waals surface area contributed by atoms with E-state index in [9.17, 15) is 27.2 Å². The number of nitrogens with zero attached hydrogens (tertiary/aromatic N) is 4. The quantitative estimate of drug-likeness (QED) is 0.163. The smallest absolute Gasteiger partial charge is 0.357 e. The molecule has 3 N–H and O–H groups in total. The van der Waals surface area contributed by atoms with E-state index in [-0.39, 0.29) is 23.0 Å². The number of nitrogens with two attached hydrogens (primary N) is 1. The van der Waals surface area contributed by atoms with Gasteiger partial charge in [-0.1, -0.05) is 0 Å². The van der Waals surface area contributed by atoms with Crippen molar-refractivity contribution in [3.8, 4) is 0 Å². The Morgan fingerprint density at radius 2 is 1.23 bits per heavy atom. The lowest BCUT2D eigenvalue weighted by Crippen LogP contribution is -2.03. The maximum absolute atomic E-state index is 12.9. The first-order chi connectivity index (χ1) is 18.3. The normalized spacial score (nSPS) is 9.97. The highest BCUT2D eigenvalue weighted by Gasteiger charge is 2.16. The lowest BCUT2D eigenvalue weighted by atomic mass is 10.4. The third-order valence-electron chi connectivity index (χ3n) is 4.12. The fourth-order valence-electron chi connectivity index (χ4n) is 2.53. The Morgan fingerprint density at radius 1 is 0.795 bits per heavy atom. The molecule has 0 fully saturated rings. The maximum Gasteiger partial charge on any atom is 0.357 e. The first-order valence-electron chi connectivity index (χ1n) is 10.3. The number of nitrogen functional groups attached to an aromatic ring is 1. The third kappa shape index (κ3) is 9.84. The number of carbonyl (C=O) groups excluding carboxylic acids is 2. The number of ether oxygens (including phenoxy) is 2. The molecule has 4 aromatic rings. The van der Waals surface area contributed by atoms with Crippen molar-refractivity contribution >= 4 is 67.0 Å². The zero-order valence-corrected chi connectivity index (χ0v) is 23.7. The van der Waals surface area contributed by atoms with E-state index >= 15 is 0 Å². The van der Waals surface area contributed by atoms with E-state index in [4.69, 9.17) is 5.73 Å². The monoisotopic (exact) mass is 650 g/mol. The molecule has 10 nitrogen and oxygen atoms in total. The van der Waals surface area contributed by atoms with Gasteiger partial charge >= 0.3 is 11.9 Å². The maximum atomic E-state index is 12.9. The zero-order chi connectivity index (χ0) is 29.3. The van der Waals surface area contributed by atoms with E-state index in [1.165, 1.54) is 36.9 Å². The molecule has 0 radical (unpaired) electrons. The van der Waals surface area contributed by atoms with E-state index in [0.29, 0.717) is 19.6 Å². The van der Waals surface area contributed by atoms with Crippen molar-refractivity contribution < 1.29 is 36.6 Å². The SMILES string of the molecule is COC(=O)c1nc(Br)sc1C.COC(=O)c1nc(Nc2cc(F)nc(F)c2)sc1C.Nc1cc(F)nc(F)c1. The first kappa shape index (κ1) is 31.5. The van der Waals surface area contributed by atoms with Gasteiger partial charge < -0.3 is 20.5 Å². The van der Waals surface area contributed by atoms with Gasteiger partial charge in [-0.3, -0.25) is 0 Å². The van der Waals surface area contributed by atoms with Crippen LogP contribution in [-0.4, -0.2) is 46.1 Å². The molecule has 39 heavy (non-hydrogen) atoms. The van der Waals surface area contributed by atoms with Crippen LogP contribution in [0.2, 0.25) is 0 Å². The molecule has 0 atom stereocenters. The van der Waals surface area contributed by atoms with E-state index in [1.54, 1.807) is 6.92 Å². The summed E-state index contributed by atoms with van der Waals surface area (Å²) >= 11 is 5.77. The summed E-state index contributed by atoms with van der Waals surface area (Å²) in [5.41, 5.74) is 5.81. The van der Waals surface area contributed by atoms with Crippen LogP contribution < -0.4 is 11.1 Å². The Labute approximate surface area is 235 Å². The van der Waals surface area contributed by atoms with Crippen LogP contribution in [0.1, 0.15) is 30.7 Å². The number of thiazole rings is 2. The molecule has 0 saturated heterocycles. The standard InChI is InChI=1S/C11H9F2N3O2S.C6H6BrNO2S.C5H4F2N2/c1-5-9(10(17)18-2)16-11(19-5)14-6-3-7(12)15-8(13)4-6;1-3-4(5(9)10-2)8-6(7)11-3;6-4-1-3(8)2-5(7)9-4/h3-4H,1-2H3,(H,14,15,16);1-2H3;1-2H,(H2,8,9). The number of halogens is 5. The average Bonchev–Trinajstić information content (AvgIpc) is 3.37. The number of hydrogen-bond donors (Lipinski definition) is 2. The van der Waals surface area contributed by atoms with Crippen molar-refractivity contribution in [1.82, 2.24) is 19.9 Å². The summed E-state index contributed by atoms with van der Waals surface area (Å²) in [6, 6.07) is 3.95. The van der Waals surface area contributed by atoms with E-state index in [2.05, 4.69) is 50.7 Å². The van der Waals surface area contributed by atoms with Gasteiger partial charge in [-0.15, -0.1) is 22.7 Å². The lowest BCUT2D eigenvalue weighted by molar-refractivity contribution is 0.0585. The Bertz CT molecular complexity index is 1400. The minimum absolute atomic E-state index is 0.0417. The van der Waals surface area contributed by atoms with Crippen LogP contribution in [0.3, 0.4) is 0 Å².